The van der Waals surface area contributed by atoms with Gasteiger partial charge in [-0.3, -0.25) is 4.79 Å². The number of carbonyl (C=O) groups excluding carboxylic acids is 1. The van der Waals surface area contributed by atoms with Crippen LogP contribution in [0.2, 0.25) is 0 Å². The van der Waals surface area contributed by atoms with Crippen molar-refractivity contribution in [1.29, 1.82) is 0 Å². The molecule has 1 unspecified atom stereocenters. The Kier molecular flexibility index (Phi) is 7.33. The van der Waals surface area contributed by atoms with Crippen molar-refractivity contribution in [1.82, 2.24) is 5.32 Å². The Bertz CT molecular complexity index is 697. The molecule has 5 nitrogen and oxygen atoms in total. The van der Waals surface area contributed by atoms with Crippen molar-refractivity contribution in [3.8, 4) is 17.2 Å². The second-order valence-corrected chi connectivity index (χ2v) is 6.31. The normalized spacial score (nSPS) is 11.7. The van der Waals surface area contributed by atoms with E-state index in [-0.39, 0.29) is 24.3 Å². The average Bonchev–Trinajstić information content (AvgIpc) is 2.66. The minimum Gasteiger partial charge on any atom is -0.497 e. The number of para-hydroxylation sites is 2. The van der Waals surface area contributed by atoms with Gasteiger partial charge in [-0.2, -0.15) is 0 Å². The van der Waals surface area contributed by atoms with Gasteiger partial charge < -0.3 is 19.5 Å². The molecule has 0 fully saturated rings. The summed E-state index contributed by atoms with van der Waals surface area (Å²) in [7, 11) is 3.23. The predicted octanol–water partition coefficient (Wildman–Crippen LogP) is 3.99. The fourth-order valence-electron chi connectivity index (χ4n) is 2.68. The van der Waals surface area contributed by atoms with Crippen LogP contribution in [0, 0.1) is 5.92 Å². The summed E-state index contributed by atoms with van der Waals surface area (Å²) < 4.78 is 16.1. The zero-order chi connectivity index (χ0) is 18.9. The molecule has 140 valence electrons. The molecule has 2 rings (SSSR count). The van der Waals surface area contributed by atoms with Crippen molar-refractivity contribution >= 4 is 5.91 Å². The van der Waals surface area contributed by atoms with Crippen molar-refractivity contribution in [3.05, 3.63) is 54.1 Å². The van der Waals surface area contributed by atoms with E-state index in [2.05, 4.69) is 19.2 Å². The lowest BCUT2D eigenvalue weighted by molar-refractivity contribution is -0.122. The SMILES string of the molecule is COc1ccc(C(NC(=O)CCOc2ccccc2OC)C(C)C)cc1. The fourth-order valence-corrected chi connectivity index (χ4v) is 2.68. The maximum Gasteiger partial charge on any atom is 0.223 e. The number of benzene rings is 2. The lowest BCUT2D eigenvalue weighted by Gasteiger charge is -2.23. The van der Waals surface area contributed by atoms with Crippen LogP contribution in [0.4, 0.5) is 0 Å². The van der Waals surface area contributed by atoms with E-state index >= 15 is 0 Å². The van der Waals surface area contributed by atoms with Gasteiger partial charge in [0.2, 0.25) is 5.91 Å². The highest BCUT2D eigenvalue weighted by molar-refractivity contribution is 5.76. The number of rotatable bonds is 9. The van der Waals surface area contributed by atoms with E-state index in [1.54, 1.807) is 14.2 Å². The van der Waals surface area contributed by atoms with Gasteiger partial charge in [0.25, 0.3) is 0 Å². The predicted molar refractivity (Wildman–Crippen MR) is 102 cm³/mol. The van der Waals surface area contributed by atoms with Gasteiger partial charge in [-0.1, -0.05) is 38.1 Å². The zero-order valence-corrected chi connectivity index (χ0v) is 15.8. The van der Waals surface area contributed by atoms with Gasteiger partial charge >= 0.3 is 0 Å². The lowest BCUT2D eigenvalue weighted by atomic mass is 9.96. The molecule has 0 saturated heterocycles. The summed E-state index contributed by atoms with van der Waals surface area (Å²) in [5.74, 6) is 2.31. The van der Waals surface area contributed by atoms with E-state index < -0.39 is 0 Å². The summed E-state index contributed by atoms with van der Waals surface area (Å²) in [5, 5.41) is 3.09. The number of ether oxygens (including phenoxy) is 3. The number of nitrogens with one attached hydrogen (secondary N) is 1. The number of hydrogen-bond donors (Lipinski definition) is 1. The second-order valence-electron chi connectivity index (χ2n) is 6.31. The second kappa shape index (κ2) is 9.70. The summed E-state index contributed by atoms with van der Waals surface area (Å²) in [5.41, 5.74) is 1.06. The van der Waals surface area contributed by atoms with Crippen LogP contribution in [-0.2, 0) is 4.79 Å². The van der Waals surface area contributed by atoms with Crippen LogP contribution in [0.15, 0.2) is 48.5 Å². The molecule has 0 aliphatic heterocycles. The molecule has 26 heavy (non-hydrogen) atoms. The minimum absolute atomic E-state index is 0.0468. The Balaban J connectivity index is 1.91. The molecule has 5 heteroatoms. The van der Waals surface area contributed by atoms with Crippen LogP contribution in [0.3, 0.4) is 0 Å². The molecule has 2 aromatic carbocycles. The molecule has 1 amide bonds. The highest BCUT2D eigenvalue weighted by Gasteiger charge is 2.18. The third-order valence-electron chi connectivity index (χ3n) is 4.11. The zero-order valence-electron chi connectivity index (χ0n) is 15.8. The highest BCUT2D eigenvalue weighted by atomic mass is 16.5. The molecule has 1 N–H and O–H groups in total. The molecule has 1 atom stereocenters. The molecule has 0 aliphatic rings. The van der Waals surface area contributed by atoms with E-state index in [4.69, 9.17) is 14.2 Å². The first-order valence-corrected chi connectivity index (χ1v) is 8.74. The molecule has 0 aliphatic carbocycles. The number of amides is 1. The Morgan fingerprint density at radius 2 is 1.62 bits per heavy atom. The molecule has 2 aromatic rings. The molecular weight excluding hydrogens is 330 g/mol. The van der Waals surface area contributed by atoms with Crippen LogP contribution in [0.1, 0.15) is 31.9 Å². The number of methoxy groups -OCH3 is 2. The van der Waals surface area contributed by atoms with Crippen LogP contribution in [0.25, 0.3) is 0 Å². The van der Waals surface area contributed by atoms with Crippen molar-refractivity contribution in [3.63, 3.8) is 0 Å². The Hall–Kier alpha value is -2.69. The van der Waals surface area contributed by atoms with Gasteiger partial charge in [0.05, 0.1) is 33.3 Å². The highest BCUT2D eigenvalue weighted by Crippen LogP contribution is 2.26. The van der Waals surface area contributed by atoms with Crippen molar-refractivity contribution in [2.24, 2.45) is 5.92 Å². The van der Waals surface area contributed by atoms with Crippen molar-refractivity contribution in [2.75, 3.05) is 20.8 Å². The van der Waals surface area contributed by atoms with Gasteiger partial charge in [-0.25, -0.2) is 0 Å². The summed E-state index contributed by atoms with van der Waals surface area (Å²) in [4.78, 5) is 12.4. The van der Waals surface area contributed by atoms with Crippen LogP contribution in [-0.4, -0.2) is 26.7 Å². The van der Waals surface area contributed by atoms with E-state index in [1.165, 1.54) is 0 Å². The molecule has 0 aromatic heterocycles. The standard InChI is InChI=1S/C21H27NO4/c1-15(2)21(16-9-11-17(24-3)12-10-16)22-20(23)13-14-26-19-8-6-5-7-18(19)25-4/h5-12,15,21H,13-14H2,1-4H3,(H,22,23). The maximum atomic E-state index is 12.4. The fraction of sp³-hybridized carbons (Fsp3) is 0.381. The maximum absolute atomic E-state index is 12.4. The monoisotopic (exact) mass is 357 g/mol. The molecular formula is C21H27NO4. The molecule has 0 heterocycles. The van der Waals surface area contributed by atoms with E-state index in [0.29, 0.717) is 18.1 Å². The smallest absolute Gasteiger partial charge is 0.223 e. The molecule has 0 spiro atoms. The number of carbonyl (C=O) groups is 1. The average molecular weight is 357 g/mol. The lowest BCUT2D eigenvalue weighted by Crippen LogP contribution is -2.32. The Labute approximate surface area is 155 Å². The first-order chi connectivity index (χ1) is 12.5. The largest absolute Gasteiger partial charge is 0.497 e. The first-order valence-electron chi connectivity index (χ1n) is 8.74. The summed E-state index contributed by atoms with van der Waals surface area (Å²) in [6, 6.07) is 15.1. The summed E-state index contributed by atoms with van der Waals surface area (Å²) >= 11 is 0. The van der Waals surface area contributed by atoms with E-state index in [9.17, 15) is 4.79 Å². The van der Waals surface area contributed by atoms with Crippen LogP contribution >= 0.6 is 0 Å². The molecule has 0 bridgehead atoms. The van der Waals surface area contributed by atoms with Gasteiger partial charge in [0.15, 0.2) is 11.5 Å². The summed E-state index contributed by atoms with van der Waals surface area (Å²) in [6.45, 7) is 4.46. The van der Waals surface area contributed by atoms with Crippen molar-refractivity contribution in [2.45, 2.75) is 26.3 Å². The van der Waals surface area contributed by atoms with E-state index in [0.717, 1.165) is 11.3 Å². The quantitative estimate of drug-likeness (QED) is 0.737. The van der Waals surface area contributed by atoms with Crippen molar-refractivity contribution < 1.29 is 19.0 Å². The molecule has 0 saturated carbocycles. The van der Waals surface area contributed by atoms with Crippen LogP contribution in [0.5, 0.6) is 17.2 Å². The molecule has 0 radical (unpaired) electrons. The Morgan fingerprint density at radius 3 is 2.19 bits per heavy atom. The van der Waals surface area contributed by atoms with Gasteiger partial charge in [-0.05, 0) is 35.7 Å². The minimum atomic E-state index is -0.0559. The van der Waals surface area contributed by atoms with Gasteiger partial charge in [0.1, 0.15) is 5.75 Å². The Morgan fingerprint density at radius 1 is 0.962 bits per heavy atom. The van der Waals surface area contributed by atoms with Gasteiger partial charge in [0, 0.05) is 0 Å². The topological polar surface area (TPSA) is 56.8 Å². The summed E-state index contributed by atoms with van der Waals surface area (Å²) in [6.07, 6.45) is 0.275. The number of hydrogen-bond acceptors (Lipinski definition) is 4. The van der Waals surface area contributed by atoms with Crippen LogP contribution < -0.4 is 19.5 Å². The third-order valence-corrected chi connectivity index (χ3v) is 4.11. The van der Waals surface area contributed by atoms with Gasteiger partial charge in [-0.15, -0.1) is 0 Å². The van der Waals surface area contributed by atoms with E-state index in [1.807, 2.05) is 48.5 Å². The third kappa shape index (κ3) is 5.41. The first kappa shape index (κ1) is 19.6.